The normalized spacial score (nSPS) is 30.7. The van der Waals surface area contributed by atoms with Gasteiger partial charge < -0.3 is 15.2 Å². The largest absolute Gasteiger partial charge is 0.456 e. The van der Waals surface area contributed by atoms with Gasteiger partial charge in [0.15, 0.2) is 6.61 Å². The molecule has 2 aromatic carbocycles. The summed E-state index contributed by atoms with van der Waals surface area (Å²) >= 11 is 0. The molecule has 0 spiro atoms. The van der Waals surface area contributed by atoms with E-state index in [9.17, 15) is 14.7 Å². The molecule has 5 nitrogen and oxygen atoms in total. The van der Waals surface area contributed by atoms with E-state index in [-0.39, 0.29) is 23.9 Å². The highest BCUT2D eigenvalue weighted by Crippen LogP contribution is 2.62. The molecule has 4 fully saturated rings. The topological polar surface area (TPSA) is 75.6 Å². The number of anilines is 1. The van der Waals surface area contributed by atoms with Gasteiger partial charge >= 0.3 is 5.97 Å². The fourth-order valence-corrected chi connectivity index (χ4v) is 6.69. The van der Waals surface area contributed by atoms with Crippen LogP contribution in [0, 0.1) is 17.3 Å². The van der Waals surface area contributed by atoms with Crippen LogP contribution >= 0.6 is 0 Å². The Labute approximate surface area is 182 Å². The van der Waals surface area contributed by atoms with E-state index in [4.69, 9.17) is 4.74 Å². The van der Waals surface area contributed by atoms with Gasteiger partial charge in [-0.1, -0.05) is 42.5 Å². The summed E-state index contributed by atoms with van der Waals surface area (Å²) in [7, 11) is 0. The van der Waals surface area contributed by atoms with E-state index in [1.54, 1.807) is 0 Å². The van der Waals surface area contributed by atoms with Gasteiger partial charge in [0.2, 0.25) is 0 Å². The van der Waals surface area contributed by atoms with E-state index in [1.165, 1.54) is 6.42 Å². The van der Waals surface area contributed by atoms with Crippen molar-refractivity contribution in [1.29, 1.82) is 0 Å². The van der Waals surface area contributed by atoms with Crippen LogP contribution in [0.25, 0.3) is 11.1 Å². The molecule has 1 amide bonds. The van der Waals surface area contributed by atoms with Crippen molar-refractivity contribution in [3.63, 3.8) is 0 Å². The molecule has 4 atom stereocenters. The average Bonchev–Trinajstić information content (AvgIpc) is 2.71. The summed E-state index contributed by atoms with van der Waals surface area (Å²) in [6.45, 7) is -0.285. The number of hydrogen-bond donors (Lipinski definition) is 2. The summed E-state index contributed by atoms with van der Waals surface area (Å²) in [4.78, 5) is 24.8. The van der Waals surface area contributed by atoms with Gasteiger partial charge in [-0.2, -0.15) is 0 Å². The van der Waals surface area contributed by atoms with E-state index in [2.05, 4.69) is 5.32 Å². The number of rotatable bonds is 6. The maximum atomic E-state index is 12.5. The van der Waals surface area contributed by atoms with Crippen LogP contribution in [0.15, 0.2) is 54.6 Å². The molecule has 5 heteroatoms. The molecular formula is C26H29NO4. The van der Waals surface area contributed by atoms with Crippen molar-refractivity contribution in [1.82, 2.24) is 0 Å². The SMILES string of the molecule is O=C(COC(=O)CC12C[C@@H]3C[C@@H](CC(O)(C3)C1)C2)Nc1ccc(-c2ccccc2)cc1. The first-order valence-electron chi connectivity index (χ1n) is 11.2. The first kappa shape index (κ1) is 20.3. The van der Waals surface area contributed by atoms with Gasteiger partial charge in [-0.05, 0) is 79.0 Å². The van der Waals surface area contributed by atoms with Crippen LogP contribution in [0.4, 0.5) is 5.69 Å². The lowest BCUT2D eigenvalue weighted by atomic mass is 9.47. The highest BCUT2D eigenvalue weighted by molar-refractivity contribution is 5.93. The number of benzene rings is 2. The number of hydrogen-bond acceptors (Lipinski definition) is 4. The number of nitrogens with one attached hydrogen (secondary N) is 1. The van der Waals surface area contributed by atoms with E-state index >= 15 is 0 Å². The first-order valence-corrected chi connectivity index (χ1v) is 11.2. The predicted octanol–water partition coefficient (Wildman–Crippen LogP) is 4.56. The molecule has 0 aliphatic heterocycles. The summed E-state index contributed by atoms with van der Waals surface area (Å²) in [6.07, 6.45) is 5.95. The number of esters is 1. The van der Waals surface area contributed by atoms with E-state index < -0.39 is 5.60 Å². The highest BCUT2D eigenvalue weighted by atomic mass is 16.5. The standard InChI is InChI=1S/C26H29NO4/c28-23(27-22-8-6-21(7-9-22)20-4-2-1-3-5-20)16-31-24(29)15-25-11-18-10-19(12-25)14-26(30,13-18)17-25/h1-9,18-19,30H,10-17H2,(H,27,28)/t18-,19+,25?,26?. The maximum Gasteiger partial charge on any atom is 0.306 e. The lowest BCUT2D eigenvalue weighted by Crippen LogP contribution is -2.56. The maximum absolute atomic E-state index is 12.5. The lowest BCUT2D eigenvalue weighted by Gasteiger charge is -2.60. The second-order valence-corrected chi connectivity index (χ2v) is 10.0. The minimum Gasteiger partial charge on any atom is -0.456 e. The molecule has 2 N–H and O–H groups in total. The molecule has 31 heavy (non-hydrogen) atoms. The zero-order valence-corrected chi connectivity index (χ0v) is 17.7. The lowest BCUT2D eigenvalue weighted by molar-refractivity contribution is -0.177. The molecule has 4 saturated carbocycles. The Morgan fingerprint density at radius 1 is 0.935 bits per heavy atom. The quantitative estimate of drug-likeness (QED) is 0.673. The Hall–Kier alpha value is -2.66. The monoisotopic (exact) mass is 419 g/mol. The first-order chi connectivity index (χ1) is 14.9. The molecule has 2 aromatic rings. The number of amides is 1. The van der Waals surface area contributed by atoms with Crippen molar-refractivity contribution < 1.29 is 19.4 Å². The molecular weight excluding hydrogens is 390 g/mol. The van der Waals surface area contributed by atoms with Crippen molar-refractivity contribution >= 4 is 17.6 Å². The average molecular weight is 420 g/mol. The Kier molecular flexibility index (Phi) is 5.09. The third kappa shape index (κ3) is 4.38. The van der Waals surface area contributed by atoms with Crippen LogP contribution in [0.3, 0.4) is 0 Å². The second kappa shape index (κ2) is 7.79. The van der Waals surface area contributed by atoms with Gasteiger partial charge in [0.25, 0.3) is 5.91 Å². The summed E-state index contributed by atoms with van der Waals surface area (Å²) in [5.74, 6) is 0.382. The van der Waals surface area contributed by atoms with Crippen LogP contribution in [0.2, 0.25) is 0 Å². The molecule has 0 saturated heterocycles. The zero-order valence-electron chi connectivity index (χ0n) is 17.7. The van der Waals surface area contributed by atoms with E-state index in [0.29, 0.717) is 30.4 Å². The summed E-state index contributed by atoms with van der Waals surface area (Å²) < 4.78 is 5.31. The molecule has 4 bridgehead atoms. The molecule has 0 aromatic heterocycles. The Morgan fingerprint density at radius 2 is 1.58 bits per heavy atom. The minimum absolute atomic E-state index is 0.139. The second-order valence-electron chi connectivity index (χ2n) is 10.0. The third-order valence-electron chi connectivity index (χ3n) is 7.31. The van der Waals surface area contributed by atoms with Crippen LogP contribution in [0.1, 0.15) is 44.9 Å². The summed E-state index contributed by atoms with van der Waals surface area (Å²) in [5, 5.41) is 13.6. The van der Waals surface area contributed by atoms with Crippen molar-refractivity contribution in [2.75, 3.05) is 11.9 Å². The van der Waals surface area contributed by atoms with Crippen molar-refractivity contribution in [3.05, 3.63) is 54.6 Å². The number of carbonyl (C=O) groups is 2. The fraction of sp³-hybridized carbons (Fsp3) is 0.462. The third-order valence-corrected chi connectivity index (χ3v) is 7.31. The van der Waals surface area contributed by atoms with Crippen LogP contribution in [-0.2, 0) is 14.3 Å². The molecule has 162 valence electrons. The number of carbonyl (C=O) groups excluding carboxylic acids is 2. The Bertz CT molecular complexity index is 955. The minimum atomic E-state index is -0.590. The molecule has 0 heterocycles. The van der Waals surface area contributed by atoms with Crippen molar-refractivity contribution in [3.8, 4) is 11.1 Å². The van der Waals surface area contributed by atoms with Crippen molar-refractivity contribution in [2.45, 2.75) is 50.5 Å². The molecule has 4 aliphatic rings. The van der Waals surface area contributed by atoms with Gasteiger partial charge in [0, 0.05) is 5.69 Å². The molecule has 6 rings (SSSR count). The van der Waals surface area contributed by atoms with Crippen LogP contribution in [0.5, 0.6) is 0 Å². The molecule has 2 unspecified atom stereocenters. The van der Waals surface area contributed by atoms with Gasteiger partial charge in [-0.15, -0.1) is 0 Å². The van der Waals surface area contributed by atoms with E-state index in [0.717, 1.165) is 36.8 Å². The van der Waals surface area contributed by atoms with Crippen molar-refractivity contribution in [2.24, 2.45) is 17.3 Å². The Morgan fingerprint density at radius 3 is 2.23 bits per heavy atom. The van der Waals surface area contributed by atoms with Crippen LogP contribution < -0.4 is 5.32 Å². The van der Waals surface area contributed by atoms with Gasteiger partial charge in [-0.25, -0.2) is 0 Å². The van der Waals surface area contributed by atoms with Crippen LogP contribution in [-0.4, -0.2) is 29.2 Å². The highest BCUT2D eigenvalue weighted by Gasteiger charge is 2.57. The van der Waals surface area contributed by atoms with Gasteiger partial charge in [-0.3, -0.25) is 9.59 Å². The molecule has 0 radical (unpaired) electrons. The predicted molar refractivity (Wildman–Crippen MR) is 118 cm³/mol. The molecule has 4 aliphatic carbocycles. The number of aliphatic hydroxyl groups is 1. The fourth-order valence-electron chi connectivity index (χ4n) is 6.69. The zero-order chi connectivity index (χ0) is 21.5. The van der Waals surface area contributed by atoms with Gasteiger partial charge in [0.1, 0.15) is 0 Å². The Balaban J connectivity index is 1.12. The summed E-state index contributed by atoms with van der Waals surface area (Å²) in [5.41, 5.74) is 2.13. The summed E-state index contributed by atoms with van der Waals surface area (Å²) in [6, 6.07) is 17.6. The number of ether oxygens (including phenoxy) is 1. The van der Waals surface area contributed by atoms with Gasteiger partial charge in [0.05, 0.1) is 12.0 Å². The smallest absolute Gasteiger partial charge is 0.306 e. The van der Waals surface area contributed by atoms with E-state index in [1.807, 2.05) is 54.6 Å².